The molecular weight excluding hydrogens is 544 g/mol. The number of para-hydroxylation sites is 1. The Bertz CT molecular complexity index is 1380. The molecule has 0 spiro atoms. The Labute approximate surface area is 218 Å². The van der Waals surface area contributed by atoms with Crippen molar-refractivity contribution in [3.8, 4) is 16.3 Å². The van der Waals surface area contributed by atoms with Crippen LogP contribution in [0.15, 0.2) is 48.5 Å². The number of ether oxygens (including phenoxy) is 1. The lowest BCUT2D eigenvalue weighted by atomic mass is 10.2. The topological polar surface area (TPSA) is 63.2 Å². The molecular formula is C22H13Cl4N3O2S2. The first-order valence-electron chi connectivity index (χ1n) is 9.27. The number of methoxy groups -OCH3 is 1. The van der Waals surface area contributed by atoms with Gasteiger partial charge in [-0.05, 0) is 48.6 Å². The zero-order valence-electron chi connectivity index (χ0n) is 16.7. The number of carbonyl (C=O) groups excluding carboxylic acids is 1. The number of thiocarbonyl (C=S) groups is 1. The van der Waals surface area contributed by atoms with Crippen LogP contribution in [0.4, 0.5) is 5.69 Å². The number of amides is 1. The molecule has 2 N–H and O–H groups in total. The SMILES string of the molecule is COc1c(Cl)cc(Cl)cc1C(=O)NC(=S)Nc1cc(-c2nc3ccccc3s2)c(Cl)cc1Cl. The molecule has 1 heterocycles. The molecule has 1 amide bonds. The minimum Gasteiger partial charge on any atom is -0.494 e. The average molecular weight is 557 g/mol. The van der Waals surface area contributed by atoms with Crippen LogP contribution in [-0.4, -0.2) is 23.1 Å². The molecule has 0 saturated heterocycles. The van der Waals surface area contributed by atoms with E-state index in [9.17, 15) is 4.79 Å². The van der Waals surface area contributed by atoms with Gasteiger partial charge in [-0.15, -0.1) is 11.3 Å². The zero-order chi connectivity index (χ0) is 23.7. The summed E-state index contributed by atoms with van der Waals surface area (Å²) in [6, 6.07) is 14.0. The van der Waals surface area contributed by atoms with Crippen molar-refractivity contribution in [1.82, 2.24) is 10.3 Å². The quantitative estimate of drug-likeness (QED) is 0.252. The predicted octanol–water partition coefficient (Wildman–Crippen LogP) is 7.71. The third-order valence-corrected chi connectivity index (χ3v) is 6.91. The fourth-order valence-electron chi connectivity index (χ4n) is 3.06. The summed E-state index contributed by atoms with van der Waals surface area (Å²) in [5.74, 6) is -0.366. The summed E-state index contributed by atoms with van der Waals surface area (Å²) >= 11 is 31.8. The van der Waals surface area contributed by atoms with E-state index in [1.807, 2.05) is 24.3 Å². The zero-order valence-corrected chi connectivity index (χ0v) is 21.4. The van der Waals surface area contributed by atoms with Crippen LogP contribution in [0.2, 0.25) is 20.1 Å². The number of anilines is 1. The lowest BCUT2D eigenvalue weighted by Crippen LogP contribution is -2.34. The van der Waals surface area contributed by atoms with Crippen LogP contribution in [0.3, 0.4) is 0 Å². The largest absolute Gasteiger partial charge is 0.494 e. The van der Waals surface area contributed by atoms with Crippen LogP contribution in [-0.2, 0) is 0 Å². The fraction of sp³-hybridized carbons (Fsp3) is 0.0455. The molecule has 1 aromatic heterocycles. The summed E-state index contributed by atoms with van der Waals surface area (Å²) < 4.78 is 6.25. The predicted molar refractivity (Wildman–Crippen MR) is 142 cm³/mol. The molecule has 4 rings (SSSR count). The summed E-state index contributed by atoms with van der Waals surface area (Å²) in [5.41, 5.74) is 2.14. The van der Waals surface area contributed by atoms with E-state index < -0.39 is 5.91 Å². The summed E-state index contributed by atoms with van der Waals surface area (Å²) in [6.07, 6.45) is 0. The Kier molecular flexibility index (Phi) is 7.28. The molecule has 0 saturated carbocycles. The highest BCUT2D eigenvalue weighted by molar-refractivity contribution is 7.80. The first kappa shape index (κ1) is 24.0. The third kappa shape index (κ3) is 5.19. The second-order valence-electron chi connectivity index (χ2n) is 6.68. The van der Waals surface area contributed by atoms with Crippen molar-refractivity contribution in [3.05, 3.63) is 74.2 Å². The monoisotopic (exact) mass is 555 g/mol. The number of halogens is 4. The van der Waals surface area contributed by atoms with Gasteiger partial charge in [-0.25, -0.2) is 4.98 Å². The molecule has 0 aliphatic rings. The van der Waals surface area contributed by atoms with Crippen molar-refractivity contribution < 1.29 is 9.53 Å². The maximum absolute atomic E-state index is 12.8. The number of carbonyl (C=O) groups is 1. The molecule has 0 unspecified atom stereocenters. The number of nitrogens with zero attached hydrogens (tertiary/aromatic N) is 1. The summed E-state index contributed by atoms with van der Waals surface area (Å²) in [7, 11) is 1.40. The Hall–Kier alpha value is -2.13. The molecule has 5 nitrogen and oxygen atoms in total. The van der Waals surface area contributed by atoms with Gasteiger partial charge in [-0.3, -0.25) is 10.1 Å². The van der Waals surface area contributed by atoms with Crippen molar-refractivity contribution in [2.75, 3.05) is 12.4 Å². The number of aromatic nitrogens is 1. The molecule has 4 aromatic rings. The van der Waals surface area contributed by atoms with E-state index in [2.05, 4.69) is 15.6 Å². The van der Waals surface area contributed by atoms with Crippen LogP contribution in [0, 0.1) is 0 Å². The van der Waals surface area contributed by atoms with Crippen LogP contribution < -0.4 is 15.4 Å². The molecule has 0 aliphatic carbocycles. The number of nitrogens with one attached hydrogen (secondary N) is 2. The summed E-state index contributed by atoms with van der Waals surface area (Å²) in [5, 5.41) is 7.50. The Morgan fingerprint density at radius 2 is 1.79 bits per heavy atom. The second-order valence-corrected chi connectivity index (χ2v) is 9.77. The normalized spacial score (nSPS) is 10.8. The van der Waals surface area contributed by atoms with Gasteiger partial charge in [0.1, 0.15) is 10.8 Å². The fourth-order valence-corrected chi connectivity index (χ4v) is 5.40. The molecule has 3 aromatic carbocycles. The molecule has 0 fully saturated rings. The number of hydrogen-bond donors (Lipinski definition) is 2. The first-order valence-corrected chi connectivity index (χ1v) is 12.0. The van der Waals surface area contributed by atoms with E-state index in [0.29, 0.717) is 21.3 Å². The Morgan fingerprint density at radius 3 is 2.52 bits per heavy atom. The van der Waals surface area contributed by atoms with Crippen LogP contribution in [0.25, 0.3) is 20.8 Å². The van der Waals surface area contributed by atoms with E-state index in [1.165, 1.54) is 30.6 Å². The van der Waals surface area contributed by atoms with Gasteiger partial charge in [0.25, 0.3) is 5.91 Å². The van der Waals surface area contributed by atoms with E-state index in [-0.39, 0.29) is 26.5 Å². The van der Waals surface area contributed by atoms with Gasteiger partial charge in [0, 0.05) is 10.6 Å². The molecule has 168 valence electrons. The molecule has 0 bridgehead atoms. The maximum Gasteiger partial charge on any atom is 0.261 e. The minimum atomic E-state index is -0.551. The van der Waals surface area contributed by atoms with Crippen molar-refractivity contribution in [2.24, 2.45) is 0 Å². The van der Waals surface area contributed by atoms with E-state index in [4.69, 9.17) is 63.4 Å². The number of fused-ring (bicyclic) bond motifs is 1. The molecule has 11 heteroatoms. The molecule has 0 radical (unpaired) electrons. The minimum absolute atomic E-state index is 0.0117. The lowest BCUT2D eigenvalue weighted by Gasteiger charge is -2.14. The van der Waals surface area contributed by atoms with Gasteiger partial charge in [0.2, 0.25) is 0 Å². The lowest BCUT2D eigenvalue weighted by molar-refractivity contribution is 0.0975. The Balaban J connectivity index is 1.59. The van der Waals surface area contributed by atoms with Crippen LogP contribution >= 0.6 is 70.0 Å². The van der Waals surface area contributed by atoms with Crippen molar-refractivity contribution in [1.29, 1.82) is 0 Å². The number of hydrogen-bond acceptors (Lipinski definition) is 5. The summed E-state index contributed by atoms with van der Waals surface area (Å²) in [4.78, 5) is 17.4. The van der Waals surface area contributed by atoms with Gasteiger partial charge >= 0.3 is 0 Å². The number of benzene rings is 3. The van der Waals surface area contributed by atoms with E-state index in [1.54, 1.807) is 12.1 Å². The maximum atomic E-state index is 12.8. The summed E-state index contributed by atoms with van der Waals surface area (Å²) in [6.45, 7) is 0. The van der Waals surface area contributed by atoms with Gasteiger partial charge in [0.05, 0.1) is 43.6 Å². The van der Waals surface area contributed by atoms with Crippen LogP contribution in [0.5, 0.6) is 5.75 Å². The third-order valence-electron chi connectivity index (χ3n) is 4.51. The van der Waals surface area contributed by atoms with E-state index in [0.717, 1.165) is 15.2 Å². The highest BCUT2D eigenvalue weighted by atomic mass is 35.5. The van der Waals surface area contributed by atoms with Crippen LogP contribution in [0.1, 0.15) is 10.4 Å². The number of thiazole rings is 1. The van der Waals surface area contributed by atoms with Gasteiger partial charge in [-0.2, -0.15) is 0 Å². The molecule has 0 aliphatic heterocycles. The van der Waals surface area contributed by atoms with Gasteiger partial charge < -0.3 is 10.1 Å². The Morgan fingerprint density at radius 1 is 1.03 bits per heavy atom. The highest BCUT2D eigenvalue weighted by Crippen LogP contribution is 2.39. The number of rotatable bonds is 4. The second kappa shape index (κ2) is 10.0. The standard InChI is InChI=1S/C22H13Cl4N3O2S2/c1-31-19-12(6-10(23)7-15(19)26)20(30)29-22(32)28-17-8-11(13(24)9-14(17)25)21-27-16-4-2-3-5-18(16)33-21/h2-9H,1H3,(H2,28,29,30,32). The van der Waals surface area contributed by atoms with Crippen molar-refractivity contribution in [3.63, 3.8) is 0 Å². The molecule has 33 heavy (non-hydrogen) atoms. The average Bonchev–Trinajstić information content (AvgIpc) is 3.19. The van der Waals surface area contributed by atoms with Crippen molar-refractivity contribution in [2.45, 2.75) is 0 Å². The van der Waals surface area contributed by atoms with Gasteiger partial charge in [-0.1, -0.05) is 58.5 Å². The van der Waals surface area contributed by atoms with Gasteiger partial charge in [0.15, 0.2) is 5.11 Å². The van der Waals surface area contributed by atoms with E-state index >= 15 is 0 Å². The highest BCUT2D eigenvalue weighted by Gasteiger charge is 2.19. The van der Waals surface area contributed by atoms with Crippen molar-refractivity contribution >= 4 is 96.9 Å². The first-order chi connectivity index (χ1) is 15.8. The molecule has 0 atom stereocenters. The smallest absolute Gasteiger partial charge is 0.261 e.